The summed E-state index contributed by atoms with van der Waals surface area (Å²) in [6, 6.07) is 5.13. The minimum atomic E-state index is -1.81. The molecule has 7 N–H and O–H groups in total. The van der Waals surface area contributed by atoms with Crippen LogP contribution in [0.5, 0.6) is 11.5 Å². The number of ketones is 1. The highest BCUT2D eigenvalue weighted by atomic mass is 35.5. The monoisotopic (exact) mass is 821 g/mol. The van der Waals surface area contributed by atoms with E-state index in [2.05, 4.69) is 36.1 Å². The first-order valence-corrected chi connectivity index (χ1v) is 18.8. The number of amides is 2. The Balaban J connectivity index is 1.16. The fraction of sp³-hybridized carbons (Fsp3) is 0.267. The van der Waals surface area contributed by atoms with Crippen LogP contribution < -0.4 is 15.6 Å². The first kappa shape index (κ1) is 37.8. The number of aromatic amines is 1. The first-order chi connectivity index (χ1) is 25.2. The number of β-lactam (4-membered cyclic amide) rings is 1. The van der Waals surface area contributed by atoms with Gasteiger partial charge >= 0.3 is 5.97 Å². The SMILES string of the molecule is CC(C)(O/N=C(\C(=O)N[C@@H]1C(=O)N2C(c3nn[nH]n3)=C(CSc3cc[n+](CC(=O)c4ccc(O)c(O)c4Cl)cc3)CS[C@H]12)c1nc(N)sc1Cl)C(=O)O. The zero-order valence-corrected chi connectivity index (χ0v) is 31.3. The predicted octanol–water partition coefficient (Wildman–Crippen LogP) is 2.31. The summed E-state index contributed by atoms with van der Waals surface area (Å²) in [6.07, 6.45) is 3.42. The molecule has 0 aliphatic carbocycles. The Morgan fingerprint density at radius 3 is 2.60 bits per heavy atom. The van der Waals surface area contributed by atoms with Gasteiger partial charge in [0.25, 0.3) is 11.8 Å². The third-order valence-electron chi connectivity index (χ3n) is 7.81. The maximum Gasteiger partial charge on any atom is 0.350 e. The van der Waals surface area contributed by atoms with Gasteiger partial charge in [-0.1, -0.05) is 39.7 Å². The molecule has 0 bridgehead atoms. The van der Waals surface area contributed by atoms with Crippen molar-refractivity contribution in [3.05, 3.63) is 68.7 Å². The number of Topliss-reactive ketones (excluding diaryl/α,β-unsaturated/α-hetero) is 1. The number of nitrogens with zero attached hydrogens (tertiary/aromatic N) is 7. The van der Waals surface area contributed by atoms with E-state index in [4.69, 9.17) is 33.8 Å². The van der Waals surface area contributed by atoms with Crippen molar-refractivity contribution in [3.8, 4) is 11.5 Å². The van der Waals surface area contributed by atoms with E-state index in [1.165, 1.54) is 54.4 Å². The number of oxime groups is 1. The lowest BCUT2D eigenvalue weighted by Gasteiger charge is -2.49. The van der Waals surface area contributed by atoms with Gasteiger partial charge in [0.2, 0.25) is 23.8 Å². The number of phenols is 2. The van der Waals surface area contributed by atoms with E-state index in [0.29, 0.717) is 17.2 Å². The maximum atomic E-state index is 13.7. The minimum Gasteiger partial charge on any atom is -0.504 e. The van der Waals surface area contributed by atoms with Gasteiger partial charge in [-0.25, -0.2) is 9.78 Å². The minimum absolute atomic E-state index is 0.00747. The Kier molecular flexibility index (Phi) is 10.8. The van der Waals surface area contributed by atoms with Gasteiger partial charge in [-0.3, -0.25) is 19.3 Å². The number of hydrogen-bond acceptors (Lipinski definition) is 16. The number of aromatic nitrogens is 6. The van der Waals surface area contributed by atoms with Crippen molar-refractivity contribution in [3.63, 3.8) is 0 Å². The molecule has 276 valence electrons. The lowest BCUT2D eigenvalue weighted by molar-refractivity contribution is -0.683. The lowest BCUT2D eigenvalue weighted by atomic mass is 10.0. The number of fused-ring (bicyclic) bond motifs is 1. The lowest BCUT2D eigenvalue weighted by Crippen LogP contribution is -2.70. The molecule has 1 aromatic carbocycles. The smallest absolute Gasteiger partial charge is 0.350 e. The number of nitrogens with one attached hydrogen (secondary N) is 2. The number of phenolic OH excluding ortho intramolecular Hbond substituents is 2. The third kappa shape index (κ3) is 7.74. The predicted molar refractivity (Wildman–Crippen MR) is 193 cm³/mol. The zero-order chi connectivity index (χ0) is 38.2. The number of nitrogens with two attached hydrogens (primary N) is 1. The standard InChI is InChI=1S/C30H26Cl2N10O8S3/c1-30(2,28(48)49)50-38-19(18-23(32)53-29(33)35-18)25(46)34-20-26(47)42-21(24-36-39-40-37-24)12(11-52-27(20)42)10-51-13-5-7-41(8-6-13)9-16(44)14-3-4-15(43)22(45)17(14)31/h3-8,20,27H,9-11H2,1-2H3,(H6-,33,34,35,36,37,38,39,40,43,44,45,46,48,49)/p+1/t20-,27-/m1/s1. The summed E-state index contributed by atoms with van der Waals surface area (Å²) < 4.78 is 1.64. The molecule has 2 atom stereocenters. The van der Waals surface area contributed by atoms with Crippen LogP contribution in [0.2, 0.25) is 9.36 Å². The van der Waals surface area contributed by atoms with Crippen molar-refractivity contribution in [1.29, 1.82) is 0 Å². The van der Waals surface area contributed by atoms with Crippen LogP contribution in [0.3, 0.4) is 0 Å². The number of rotatable bonds is 13. The number of carbonyl (C=O) groups excluding carboxylic acids is 3. The number of pyridine rings is 1. The van der Waals surface area contributed by atoms with Crippen LogP contribution in [-0.4, -0.2) is 104 Å². The topological polar surface area (TPSA) is 263 Å². The Hall–Kier alpha value is -4.96. The number of thioether (sulfide) groups is 2. The highest BCUT2D eigenvalue weighted by molar-refractivity contribution is 8.01. The summed E-state index contributed by atoms with van der Waals surface area (Å²) in [4.78, 5) is 63.2. The third-order valence-corrected chi connectivity index (χ3v) is 11.7. The largest absolute Gasteiger partial charge is 0.504 e. The molecule has 0 radical (unpaired) electrons. The molecule has 0 saturated carbocycles. The van der Waals surface area contributed by atoms with Crippen molar-refractivity contribution in [1.82, 2.24) is 35.8 Å². The summed E-state index contributed by atoms with van der Waals surface area (Å²) in [5.41, 5.74) is 4.68. The van der Waals surface area contributed by atoms with Gasteiger partial charge in [0.05, 0.1) is 10.7 Å². The second kappa shape index (κ2) is 15.2. The Bertz CT molecular complexity index is 2180. The van der Waals surface area contributed by atoms with Crippen LogP contribution in [0.1, 0.15) is 35.7 Å². The van der Waals surface area contributed by atoms with E-state index >= 15 is 0 Å². The van der Waals surface area contributed by atoms with Crippen LogP contribution in [-0.2, 0) is 25.8 Å². The number of hydrogen-bond donors (Lipinski definition) is 6. The molecule has 0 spiro atoms. The molecule has 1 fully saturated rings. The molecule has 2 aliphatic heterocycles. The van der Waals surface area contributed by atoms with Crippen molar-refractivity contribution < 1.29 is 43.9 Å². The maximum absolute atomic E-state index is 13.7. The second-order valence-electron chi connectivity index (χ2n) is 11.8. The molecule has 53 heavy (non-hydrogen) atoms. The number of thiazole rings is 1. The summed E-state index contributed by atoms with van der Waals surface area (Å²) in [5.74, 6) is -3.02. The van der Waals surface area contributed by atoms with Crippen molar-refractivity contribution in [2.45, 2.75) is 42.3 Å². The van der Waals surface area contributed by atoms with Crippen LogP contribution >= 0.6 is 58.1 Å². The molecule has 1 saturated heterocycles. The number of H-pyrrole nitrogens is 1. The van der Waals surface area contributed by atoms with E-state index < -0.39 is 52.0 Å². The van der Waals surface area contributed by atoms with Gasteiger partial charge in [0, 0.05) is 34.1 Å². The van der Waals surface area contributed by atoms with Gasteiger partial charge in [-0.15, -0.1) is 33.7 Å². The molecule has 6 rings (SSSR count). The highest BCUT2D eigenvalue weighted by Gasteiger charge is 2.54. The molecular weight excluding hydrogens is 795 g/mol. The average Bonchev–Trinajstić information content (AvgIpc) is 3.78. The number of aromatic hydroxyl groups is 2. The molecule has 18 nitrogen and oxygen atoms in total. The van der Waals surface area contributed by atoms with E-state index in [9.17, 15) is 34.5 Å². The number of anilines is 1. The number of carboxylic acids is 1. The van der Waals surface area contributed by atoms with Crippen molar-refractivity contribution >= 4 is 98.2 Å². The zero-order valence-electron chi connectivity index (χ0n) is 27.3. The van der Waals surface area contributed by atoms with Gasteiger partial charge in [-0.05, 0) is 36.8 Å². The quantitative estimate of drug-likeness (QED) is 0.0215. The number of halogens is 2. The first-order valence-electron chi connectivity index (χ1n) is 15.1. The van der Waals surface area contributed by atoms with Crippen LogP contribution in [0.15, 0.2) is 52.3 Å². The van der Waals surface area contributed by atoms with E-state index in [0.717, 1.165) is 21.8 Å². The number of aliphatic carboxylic acids is 1. The van der Waals surface area contributed by atoms with E-state index in [1.807, 2.05) is 12.1 Å². The summed E-state index contributed by atoms with van der Waals surface area (Å²) in [7, 11) is 0. The molecule has 2 aliphatic rings. The van der Waals surface area contributed by atoms with Crippen LogP contribution in [0.25, 0.3) is 5.70 Å². The molecule has 2 amide bonds. The van der Waals surface area contributed by atoms with Gasteiger partial charge in [-0.2, -0.15) is 9.78 Å². The number of benzene rings is 1. The highest BCUT2D eigenvalue weighted by Crippen LogP contribution is 2.44. The second-order valence-corrected chi connectivity index (χ2v) is 15.9. The number of carboxylic acid groups (broad SMARTS) is 1. The summed E-state index contributed by atoms with van der Waals surface area (Å²) in [6.45, 7) is 2.40. The van der Waals surface area contributed by atoms with E-state index in [1.54, 1.807) is 17.0 Å². The Morgan fingerprint density at radius 1 is 1.23 bits per heavy atom. The van der Waals surface area contributed by atoms with Gasteiger partial charge in [0.15, 0.2) is 34.7 Å². The number of tetrazole rings is 1. The molecule has 23 heteroatoms. The average molecular weight is 823 g/mol. The summed E-state index contributed by atoms with van der Waals surface area (Å²) in [5, 5.41) is 48.9. The van der Waals surface area contributed by atoms with Gasteiger partial charge in [0.1, 0.15) is 21.4 Å². The summed E-state index contributed by atoms with van der Waals surface area (Å²) >= 11 is 16.0. The normalized spacial score (nSPS) is 17.3. The Morgan fingerprint density at radius 2 is 1.96 bits per heavy atom. The van der Waals surface area contributed by atoms with Gasteiger partial charge < -0.3 is 31.2 Å². The van der Waals surface area contributed by atoms with E-state index in [-0.39, 0.29) is 43.9 Å². The molecular formula is C30H27Cl2N10O8S3+. The molecule has 4 aromatic rings. The van der Waals surface area contributed by atoms with Crippen LogP contribution in [0.4, 0.5) is 5.13 Å². The number of nitrogen functional groups attached to an aromatic ring is 1. The Labute approximate surface area is 321 Å². The molecule has 0 unspecified atom stereocenters. The number of carbonyl (C=O) groups is 4. The van der Waals surface area contributed by atoms with Crippen LogP contribution in [0, 0.1) is 0 Å². The van der Waals surface area contributed by atoms with Crippen molar-refractivity contribution in [2.75, 3.05) is 17.2 Å². The molecule has 5 heterocycles. The fourth-order valence-electron chi connectivity index (χ4n) is 4.97. The molecule has 3 aromatic heterocycles. The van der Waals surface area contributed by atoms with Crippen molar-refractivity contribution in [2.24, 2.45) is 5.16 Å². The fourth-order valence-corrected chi connectivity index (χ4v) is 8.53.